The summed E-state index contributed by atoms with van der Waals surface area (Å²) in [6.45, 7) is 4.46. The van der Waals surface area contributed by atoms with E-state index in [9.17, 15) is 0 Å². The Kier molecular flexibility index (Phi) is 4.08. The average molecular weight is 277 g/mol. The number of hydrogen-bond donors (Lipinski definition) is 1. The van der Waals surface area contributed by atoms with Gasteiger partial charge in [0.25, 0.3) is 0 Å². The first-order valence-corrected chi connectivity index (χ1v) is 6.49. The van der Waals surface area contributed by atoms with Crippen LogP contribution in [0.2, 0.25) is 5.02 Å². The zero-order valence-corrected chi connectivity index (χ0v) is 11.8. The maximum Gasteiger partial charge on any atom is 0.139 e. The quantitative estimate of drug-likeness (QED) is 0.930. The van der Waals surface area contributed by atoms with Crippen LogP contribution >= 0.6 is 11.6 Å². The molecule has 0 aliphatic rings. The van der Waals surface area contributed by atoms with Gasteiger partial charge in [-0.25, -0.2) is 0 Å². The average Bonchev–Trinajstić information content (AvgIpc) is 2.42. The van der Waals surface area contributed by atoms with Gasteiger partial charge in [0.15, 0.2) is 0 Å². The van der Waals surface area contributed by atoms with Crippen molar-refractivity contribution >= 4 is 11.6 Å². The van der Waals surface area contributed by atoms with Gasteiger partial charge in [-0.05, 0) is 49.2 Å². The smallest absolute Gasteiger partial charge is 0.139 e. The highest BCUT2D eigenvalue weighted by atomic mass is 35.5. The van der Waals surface area contributed by atoms with Gasteiger partial charge in [0.1, 0.15) is 11.4 Å². The lowest BCUT2D eigenvalue weighted by Crippen LogP contribution is -2.25. The summed E-state index contributed by atoms with van der Waals surface area (Å²) in [6.07, 6.45) is 3.50. The van der Waals surface area contributed by atoms with Crippen molar-refractivity contribution in [3.05, 3.63) is 58.9 Å². The van der Waals surface area contributed by atoms with Gasteiger partial charge >= 0.3 is 0 Å². The first kappa shape index (κ1) is 13.8. The fourth-order valence-electron chi connectivity index (χ4n) is 1.84. The normalized spacial score (nSPS) is 11.4. The van der Waals surface area contributed by atoms with E-state index in [2.05, 4.69) is 4.98 Å². The van der Waals surface area contributed by atoms with E-state index in [4.69, 9.17) is 22.1 Å². The Morgan fingerprint density at radius 2 is 1.89 bits per heavy atom. The molecule has 2 N–H and O–H groups in total. The third-order valence-corrected chi connectivity index (χ3v) is 3.27. The minimum Gasteiger partial charge on any atom is -0.482 e. The topological polar surface area (TPSA) is 48.1 Å². The molecule has 1 aromatic carbocycles. The highest BCUT2D eigenvalue weighted by molar-refractivity contribution is 6.32. The monoisotopic (exact) mass is 276 g/mol. The van der Waals surface area contributed by atoms with Crippen molar-refractivity contribution in [3.63, 3.8) is 0 Å². The molecule has 0 saturated heterocycles. The molecule has 0 spiro atoms. The van der Waals surface area contributed by atoms with E-state index in [1.165, 1.54) is 0 Å². The van der Waals surface area contributed by atoms with Gasteiger partial charge in [0.05, 0.1) is 5.02 Å². The highest BCUT2D eigenvalue weighted by Crippen LogP contribution is 2.32. The zero-order valence-electron chi connectivity index (χ0n) is 11.1. The van der Waals surface area contributed by atoms with Gasteiger partial charge in [-0.1, -0.05) is 17.7 Å². The van der Waals surface area contributed by atoms with E-state index < -0.39 is 5.60 Å². The molecule has 0 atom stereocenters. The molecule has 0 unspecified atom stereocenters. The number of ether oxygens (including phenoxy) is 1. The fourth-order valence-corrected chi connectivity index (χ4v) is 2.08. The molecular formula is C15H17ClN2O. The lowest BCUT2D eigenvalue weighted by molar-refractivity contribution is 0.109. The Morgan fingerprint density at radius 1 is 1.21 bits per heavy atom. The Morgan fingerprint density at radius 3 is 2.47 bits per heavy atom. The highest BCUT2D eigenvalue weighted by Gasteiger charge is 2.23. The fraction of sp³-hybridized carbons (Fsp3) is 0.267. The standard InChI is InChI=1S/C15H17ClN2O/c1-15(2,12-5-7-18-8-6-12)19-14-4-3-11(10-17)9-13(14)16/h3-9H,10,17H2,1-2H3. The molecule has 0 aliphatic heterocycles. The molecule has 4 heteroatoms. The van der Waals surface area contributed by atoms with E-state index in [1.54, 1.807) is 12.4 Å². The summed E-state index contributed by atoms with van der Waals surface area (Å²) in [6, 6.07) is 9.47. The van der Waals surface area contributed by atoms with Crippen LogP contribution in [0.5, 0.6) is 5.75 Å². The molecule has 0 fully saturated rings. The number of hydrogen-bond acceptors (Lipinski definition) is 3. The van der Waals surface area contributed by atoms with E-state index in [0.29, 0.717) is 17.3 Å². The van der Waals surface area contributed by atoms with Crippen molar-refractivity contribution in [2.75, 3.05) is 0 Å². The third kappa shape index (κ3) is 3.25. The van der Waals surface area contributed by atoms with Crippen molar-refractivity contribution < 1.29 is 4.74 Å². The summed E-state index contributed by atoms with van der Waals surface area (Å²) < 4.78 is 6.02. The van der Waals surface area contributed by atoms with Crippen LogP contribution in [-0.2, 0) is 12.1 Å². The molecule has 1 aromatic heterocycles. The van der Waals surface area contributed by atoms with Crippen LogP contribution in [-0.4, -0.2) is 4.98 Å². The number of nitrogens with two attached hydrogens (primary N) is 1. The Balaban J connectivity index is 2.25. The van der Waals surface area contributed by atoms with Crippen LogP contribution in [0.25, 0.3) is 0 Å². The molecule has 3 nitrogen and oxygen atoms in total. The van der Waals surface area contributed by atoms with Gasteiger partial charge in [-0.15, -0.1) is 0 Å². The molecule has 0 saturated carbocycles. The van der Waals surface area contributed by atoms with Gasteiger partial charge < -0.3 is 10.5 Å². The number of rotatable bonds is 4. The SMILES string of the molecule is CC(C)(Oc1ccc(CN)cc1Cl)c1ccncc1. The number of nitrogens with zero attached hydrogens (tertiary/aromatic N) is 1. The molecule has 2 aromatic rings. The van der Waals surface area contributed by atoms with Crippen LogP contribution in [0.15, 0.2) is 42.7 Å². The van der Waals surface area contributed by atoms with Crippen molar-refractivity contribution in [1.29, 1.82) is 0 Å². The lowest BCUT2D eigenvalue weighted by atomic mass is 9.99. The number of benzene rings is 1. The van der Waals surface area contributed by atoms with E-state index in [1.807, 2.05) is 44.2 Å². The van der Waals surface area contributed by atoms with Crippen molar-refractivity contribution in [3.8, 4) is 5.75 Å². The van der Waals surface area contributed by atoms with Crippen molar-refractivity contribution in [1.82, 2.24) is 4.98 Å². The Labute approximate surface area is 118 Å². The summed E-state index contributed by atoms with van der Waals surface area (Å²) >= 11 is 6.21. The van der Waals surface area contributed by atoms with E-state index >= 15 is 0 Å². The third-order valence-electron chi connectivity index (χ3n) is 2.97. The van der Waals surface area contributed by atoms with Gasteiger partial charge in [0, 0.05) is 18.9 Å². The summed E-state index contributed by atoms with van der Waals surface area (Å²) in [5.74, 6) is 0.653. The van der Waals surface area contributed by atoms with Crippen LogP contribution in [0.4, 0.5) is 0 Å². The first-order valence-electron chi connectivity index (χ1n) is 6.11. The molecule has 19 heavy (non-hydrogen) atoms. The Bertz CT molecular complexity index is 555. The maximum atomic E-state index is 6.21. The van der Waals surface area contributed by atoms with Crippen LogP contribution in [0.3, 0.4) is 0 Å². The maximum absolute atomic E-state index is 6.21. The number of halogens is 1. The molecule has 0 aliphatic carbocycles. The molecular weight excluding hydrogens is 260 g/mol. The van der Waals surface area contributed by atoms with Crippen LogP contribution in [0, 0.1) is 0 Å². The summed E-state index contributed by atoms with van der Waals surface area (Å²) in [5, 5.41) is 0.574. The number of aromatic nitrogens is 1. The summed E-state index contributed by atoms with van der Waals surface area (Å²) in [7, 11) is 0. The molecule has 0 bridgehead atoms. The van der Waals surface area contributed by atoms with Gasteiger partial charge in [0.2, 0.25) is 0 Å². The van der Waals surface area contributed by atoms with Gasteiger partial charge in [-0.2, -0.15) is 0 Å². The molecule has 0 amide bonds. The summed E-state index contributed by atoms with van der Waals surface area (Å²) in [5.41, 5.74) is 7.13. The van der Waals surface area contributed by atoms with Crippen LogP contribution in [0.1, 0.15) is 25.0 Å². The molecule has 1 heterocycles. The zero-order chi connectivity index (χ0) is 13.9. The van der Waals surface area contributed by atoms with Crippen molar-refractivity contribution in [2.24, 2.45) is 5.73 Å². The molecule has 100 valence electrons. The predicted octanol–water partition coefficient (Wildman–Crippen LogP) is 3.51. The minimum absolute atomic E-state index is 0.466. The first-order chi connectivity index (χ1) is 9.03. The predicted molar refractivity (Wildman–Crippen MR) is 77.2 cm³/mol. The molecule has 0 radical (unpaired) electrons. The molecule has 2 rings (SSSR count). The van der Waals surface area contributed by atoms with E-state index in [0.717, 1.165) is 11.1 Å². The van der Waals surface area contributed by atoms with Gasteiger partial charge in [-0.3, -0.25) is 4.98 Å². The van der Waals surface area contributed by atoms with Crippen LogP contribution < -0.4 is 10.5 Å². The second kappa shape index (κ2) is 5.59. The second-order valence-electron chi connectivity index (χ2n) is 4.82. The second-order valence-corrected chi connectivity index (χ2v) is 5.22. The lowest BCUT2D eigenvalue weighted by Gasteiger charge is -2.27. The minimum atomic E-state index is -0.475. The van der Waals surface area contributed by atoms with Crippen molar-refractivity contribution in [2.45, 2.75) is 26.0 Å². The van der Waals surface area contributed by atoms with E-state index in [-0.39, 0.29) is 0 Å². The largest absolute Gasteiger partial charge is 0.482 e. The number of pyridine rings is 1. The Hall–Kier alpha value is -1.58. The summed E-state index contributed by atoms with van der Waals surface area (Å²) in [4.78, 5) is 4.01.